The Kier molecular flexibility index (Phi) is 5.88. The summed E-state index contributed by atoms with van der Waals surface area (Å²) in [6.45, 7) is 4.04. The van der Waals surface area contributed by atoms with Crippen LogP contribution in [0.2, 0.25) is 0 Å². The van der Waals surface area contributed by atoms with Crippen molar-refractivity contribution in [2.75, 3.05) is 26.2 Å². The fourth-order valence-electron chi connectivity index (χ4n) is 4.01. The number of amides is 2. The number of pyridine rings is 1. The van der Waals surface area contributed by atoms with Gasteiger partial charge in [0.25, 0.3) is 5.91 Å². The van der Waals surface area contributed by atoms with Crippen molar-refractivity contribution in [2.24, 2.45) is 5.92 Å². The van der Waals surface area contributed by atoms with Crippen LogP contribution in [-0.2, 0) is 11.2 Å². The van der Waals surface area contributed by atoms with Gasteiger partial charge in [-0.3, -0.25) is 19.7 Å². The highest BCUT2D eigenvalue weighted by Gasteiger charge is 2.32. The number of aromatic amines is 1. The van der Waals surface area contributed by atoms with Gasteiger partial charge in [-0.15, -0.1) is 0 Å². The molecule has 1 aliphatic heterocycles. The maximum Gasteiger partial charge on any atom is 0.271 e. The van der Waals surface area contributed by atoms with Crippen LogP contribution in [0.1, 0.15) is 23.0 Å². The van der Waals surface area contributed by atoms with E-state index < -0.39 is 0 Å². The highest BCUT2D eigenvalue weighted by atomic mass is 16.2. The first kappa shape index (κ1) is 19.8. The van der Waals surface area contributed by atoms with Crippen LogP contribution in [0.4, 0.5) is 0 Å². The molecule has 154 valence electrons. The Balaban J connectivity index is 1.63. The summed E-state index contributed by atoms with van der Waals surface area (Å²) in [7, 11) is 0. The van der Waals surface area contributed by atoms with Crippen LogP contribution in [0.5, 0.6) is 0 Å². The second-order valence-corrected chi connectivity index (χ2v) is 7.44. The first-order valence-corrected chi connectivity index (χ1v) is 10.2. The second kappa shape index (κ2) is 8.90. The molecule has 0 unspecified atom stereocenters. The van der Waals surface area contributed by atoms with Crippen molar-refractivity contribution in [3.8, 4) is 11.1 Å². The van der Waals surface area contributed by atoms with Gasteiger partial charge in [-0.2, -0.15) is 5.10 Å². The summed E-state index contributed by atoms with van der Waals surface area (Å²) in [5.41, 5.74) is 3.61. The minimum atomic E-state index is -0.308. The summed E-state index contributed by atoms with van der Waals surface area (Å²) in [5.74, 6) is -0.334. The van der Waals surface area contributed by atoms with Crippen molar-refractivity contribution in [2.45, 2.75) is 13.3 Å². The summed E-state index contributed by atoms with van der Waals surface area (Å²) >= 11 is 0. The molecule has 4 rings (SSSR count). The van der Waals surface area contributed by atoms with Crippen molar-refractivity contribution in [1.82, 2.24) is 25.0 Å². The molecule has 7 nitrogen and oxygen atoms in total. The van der Waals surface area contributed by atoms with Gasteiger partial charge in [-0.25, -0.2) is 0 Å². The summed E-state index contributed by atoms with van der Waals surface area (Å²) in [6, 6.07) is 13.7. The van der Waals surface area contributed by atoms with Crippen LogP contribution in [0.3, 0.4) is 0 Å². The number of aromatic nitrogens is 3. The molecule has 1 fully saturated rings. The Labute approximate surface area is 175 Å². The minimum Gasteiger partial charge on any atom is -0.341 e. The molecule has 0 saturated carbocycles. The lowest BCUT2D eigenvalue weighted by Crippen LogP contribution is -2.38. The van der Waals surface area contributed by atoms with Gasteiger partial charge in [0, 0.05) is 50.3 Å². The molecule has 1 aliphatic rings. The van der Waals surface area contributed by atoms with Gasteiger partial charge < -0.3 is 9.80 Å². The predicted molar refractivity (Wildman–Crippen MR) is 114 cm³/mol. The van der Waals surface area contributed by atoms with Gasteiger partial charge in [-0.05, 0) is 36.6 Å². The van der Waals surface area contributed by atoms with Crippen LogP contribution in [0.15, 0.2) is 61.1 Å². The Morgan fingerprint density at radius 3 is 2.73 bits per heavy atom. The topological polar surface area (TPSA) is 82.2 Å². The van der Waals surface area contributed by atoms with E-state index >= 15 is 0 Å². The van der Waals surface area contributed by atoms with E-state index in [4.69, 9.17) is 0 Å². The number of nitrogens with one attached hydrogen (secondary N) is 1. The molecule has 0 radical (unpaired) electrons. The van der Waals surface area contributed by atoms with Crippen LogP contribution in [-0.4, -0.2) is 63.0 Å². The molecule has 1 saturated heterocycles. The van der Waals surface area contributed by atoms with Crippen LogP contribution >= 0.6 is 0 Å². The van der Waals surface area contributed by atoms with Crippen LogP contribution < -0.4 is 0 Å². The molecule has 0 aliphatic carbocycles. The van der Waals surface area contributed by atoms with E-state index in [-0.39, 0.29) is 17.7 Å². The van der Waals surface area contributed by atoms with Gasteiger partial charge in [0.2, 0.25) is 5.91 Å². The first-order chi connectivity index (χ1) is 14.7. The zero-order valence-corrected chi connectivity index (χ0v) is 17.0. The third-order valence-electron chi connectivity index (χ3n) is 5.60. The molecule has 0 spiro atoms. The summed E-state index contributed by atoms with van der Waals surface area (Å²) in [6.07, 6.45) is 5.71. The van der Waals surface area contributed by atoms with Gasteiger partial charge >= 0.3 is 0 Å². The highest BCUT2D eigenvalue weighted by Crippen LogP contribution is 2.27. The predicted octanol–water partition coefficient (Wildman–Crippen LogP) is 2.63. The van der Waals surface area contributed by atoms with Gasteiger partial charge in [-0.1, -0.05) is 30.3 Å². The third-order valence-corrected chi connectivity index (χ3v) is 5.60. The number of H-pyrrole nitrogens is 1. The van der Waals surface area contributed by atoms with Crippen molar-refractivity contribution < 1.29 is 9.59 Å². The summed E-state index contributed by atoms with van der Waals surface area (Å²) < 4.78 is 0. The summed E-state index contributed by atoms with van der Waals surface area (Å²) in [4.78, 5) is 34.0. The van der Waals surface area contributed by atoms with E-state index in [2.05, 4.69) is 27.3 Å². The number of hydrogen-bond acceptors (Lipinski definition) is 4. The summed E-state index contributed by atoms with van der Waals surface area (Å²) in [5, 5.41) is 6.62. The lowest BCUT2D eigenvalue weighted by Gasteiger charge is -2.24. The monoisotopic (exact) mass is 403 g/mol. The van der Waals surface area contributed by atoms with E-state index in [9.17, 15) is 9.59 Å². The SMILES string of the molecule is CCN1CCN(C(=O)c2ccn[nH]2)C[C@@H](Cc2ccccc2-c2cccnc2)C1=O. The maximum absolute atomic E-state index is 13.2. The fourth-order valence-corrected chi connectivity index (χ4v) is 4.01. The Morgan fingerprint density at radius 2 is 2.00 bits per heavy atom. The highest BCUT2D eigenvalue weighted by molar-refractivity contribution is 5.93. The average molecular weight is 403 g/mol. The molecule has 2 amide bonds. The Morgan fingerprint density at radius 1 is 1.13 bits per heavy atom. The Hall–Kier alpha value is -3.48. The number of benzene rings is 1. The van der Waals surface area contributed by atoms with E-state index in [1.807, 2.05) is 42.3 Å². The van der Waals surface area contributed by atoms with Gasteiger partial charge in [0.05, 0.1) is 5.92 Å². The minimum absolute atomic E-state index is 0.0957. The number of hydrogen-bond donors (Lipinski definition) is 1. The van der Waals surface area contributed by atoms with E-state index in [0.29, 0.717) is 38.3 Å². The van der Waals surface area contributed by atoms with Crippen molar-refractivity contribution in [3.63, 3.8) is 0 Å². The van der Waals surface area contributed by atoms with E-state index in [0.717, 1.165) is 16.7 Å². The van der Waals surface area contributed by atoms with Gasteiger partial charge in [0.1, 0.15) is 5.69 Å². The normalized spacial score (nSPS) is 17.1. The standard InChI is InChI=1S/C23H25N5O2/c1-2-27-12-13-28(23(30)21-9-11-25-26-21)16-19(22(27)29)14-17-6-3-4-8-20(17)18-7-5-10-24-15-18/h3-11,15,19H,2,12-14,16H2,1H3,(H,25,26)/t19-/m1/s1. The zero-order chi connectivity index (χ0) is 20.9. The lowest BCUT2D eigenvalue weighted by atomic mass is 9.91. The molecule has 0 bridgehead atoms. The number of likely N-dealkylation sites (N-methyl/N-ethyl adjacent to an activating group) is 1. The molecule has 1 N–H and O–H groups in total. The second-order valence-electron chi connectivity index (χ2n) is 7.44. The van der Waals surface area contributed by atoms with Crippen LogP contribution in [0, 0.1) is 5.92 Å². The molecule has 1 aromatic carbocycles. The molecule has 1 atom stereocenters. The number of carbonyl (C=O) groups is 2. The maximum atomic E-state index is 13.2. The smallest absolute Gasteiger partial charge is 0.271 e. The van der Waals surface area contributed by atoms with E-state index in [1.165, 1.54) is 0 Å². The molecular weight excluding hydrogens is 378 g/mol. The van der Waals surface area contributed by atoms with E-state index in [1.54, 1.807) is 23.4 Å². The number of carbonyl (C=O) groups excluding carboxylic acids is 2. The molecule has 2 aromatic heterocycles. The molecule has 3 heterocycles. The molecule has 30 heavy (non-hydrogen) atoms. The third kappa shape index (κ3) is 4.10. The van der Waals surface area contributed by atoms with Crippen molar-refractivity contribution >= 4 is 11.8 Å². The quantitative estimate of drug-likeness (QED) is 0.710. The molecule has 7 heteroatoms. The number of nitrogens with zero attached hydrogens (tertiary/aromatic N) is 4. The van der Waals surface area contributed by atoms with Crippen LogP contribution in [0.25, 0.3) is 11.1 Å². The van der Waals surface area contributed by atoms with Crippen molar-refractivity contribution in [1.29, 1.82) is 0 Å². The largest absolute Gasteiger partial charge is 0.341 e. The van der Waals surface area contributed by atoms with Crippen molar-refractivity contribution in [3.05, 3.63) is 72.3 Å². The first-order valence-electron chi connectivity index (χ1n) is 10.2. The lowest BCUT2D eigenvalue weighted by molar-refractivity contribution is -0.134. The fraction of sp³-hybridized carbons (Fsp3) is 0.304. The molecular formula is C23H25N5O2. The average Bonchev–Trinajstić information content (AvgIpc) is 3.28. The van der Waals surface area contributed by atoms with Gasteiger partial charge in [0.15, 0.2) is 0 Å². The number of rotatable bonds is 5. The molecule has 3 aromatic rings. The zero-order valence-electron chi connectivity index (χ0n) is 17.0. The Bertz CT molecular complexity index is 1000.